The van der Waals surface area contributed by atoms with Crippen molar-refractivity contribution >= 4 is 27.7 Å². The van der Waals surface area contributed by atoms with Crippen molar-refractivity contribution in [2.75, 3.05) is 18.8 Å². The van der Waals surface area contributed by atoms with E-state index >= 15 is 0 Å². The molecule has 0 bridgehead atoms. The standard InChI is InChI=1S/C19H22FN3O3S2/c1-14-4-5-15(10-17(14)20)11-21-18(24)13-27-19-7-6-16(12-22-19)28(25,26)23-8-2-3-9-23/h4-7,10,12H,2-3,8-9,11,13H2,1H3,(H,21,24). The summed E-state index contributed by atoms with van der Waals surface area (Å²) in [5.74, 6) is -0.365. The number of rotatable bonds is 7. The molecule has 2 heterocycles. The molecule has 1 saturated heterocycles. The Bertz CT molecular complexity index is 943. The Morgan fingerprint density at radius 2 is 2.00 bits per heavy atom. The molecule has 9 heteroatoms. The van der Waals surface area contributed by atoms with Crippen molar-refractivity contribution in [2.24, 2.45) is 0 Å². The number of aromatic nitrogens is 1. The maximum Gasteiger partial charge on any atom is 0.244 e. The Kier molecular flexibility index (Phi) is 6.69. The van der Waals surface area contributed by atoms with Crippen molar-refractivity contribution in [2.45, 2.75) is 36.2 Å². The third-order valence-electron chi connectivity index (χ3n) is 4.49. The van der Waals surface area contributed by atoms with Gasteiger partial charge in [0.1, 0.15) is 10.7 Å². The van der Waals surface area contributed by atoms with E-state index in [9.17, 15) is 17.6 Å². The topological polar surface area (TPSA) is 79.4 Å². The Hall–Kier alpha value is -1.97. The summed E-state index contributed by atoms with van der Waals surface area (Å²) < 4.78 is 39.9. The van der Waals surface area contributed by atoms with E-state index in [1.54, 1.807) is 25.1 Å². The maximum atomic E-state index is 13.5. The summed E-state index contributed by atoms with van der Waals surface area (Å²) in [5.41, 5.74) is 1.25. The fourth-order valence-corrected chi connectivity index (χ4v) is 4.96. The maximum absolute atomic E-state index is 13.5. The van der Waals surface area contributed by atoms with Crippen LogP contribution in [0.5, 0.6) is 0 Å². The zero-order valence-corrected chi connectivity index (χ0v) is 17.2. The second kappa shape index (κ2) is 9.02. The second-order valence-corrected chi connectivity index (χ2v) is 9.53. The number of hydrogen-bond donors (Lipinski definition) is 1. The van der Waals surface area contributed by atoms with Gasteiger partial charge in [0.05, 0.1) is 10.8 Å². The number of carbonyl (C=O) groups excluding carboxylic acids is 1. The largest absolute Gasteiger partial charge is 0.351 e. The monoisotopic (exact) mass is 423 g/mol. The van der Waals surface area contributed by atoms with Gasteiger partial charge in [-0.25, -0.2) is 17.8 Å². The zero-order chi connectivity index (χ0) is 20.1. The van der Waals surface area contributed by atoms with Crippen LogP contribution in [0.1, 0.15) is 24.0 Å². The van der Waals surface area contributed by atoms with E-state index in [1.807, 2.05) is 0 Å². The fraction of sp³-hybridized carbons (Fsp3) is 0.368. The number of nitrogens with one attached hydrogen (secondary N) is 1. The minimum atomic E-state index is -3.48. The van der Waals surface area contributed by atoms with Crippen molar-refractivity contribution in [3.05, 3.63) is 53.5 Å². The van der Waals surface area contributed by atoms with Gasteiger partial charge in [-0.05, 0) is 49.1 Å². The Morgan fingerprint density at radius 3 is 2.64 bits per heavy atom. The van der Waals surface area contributed by atoms with Crippen LogP contribution < -0.4 is 5.32 Å². The third-order valence-corrected chi connectivity index (χ3v) is 7.32. The van der Waals surface area contributed by atoms with E-state index in [4.69, 9.17) is 0 Å². The highest BCUT2D eigenvalue weighted by molar-refractivity contribution is 7.99. The molecule has 1 aromatic carbocycles. The number of nitrogens with zero attached hydrogens (tertiary/aromatic N) is 2. The number of pyridine rings is 1. The molecule has 1 fully saturated rings. The molecule has 0 radical (unpaired) electrons. The van der Waals surface area contributed by atoms with Gasteiger partial charge in [0.25, 0.3) is 0 Å². The Balaban J connectivity index is 1.50. The molecule has 28 heavy (non-hydrogen) atoms. The van der Waals surface area contributed by atoms with Gasteiger partial charge in [-0.15, -0.1) is 0 Å². The van der Waals surface area contributed by atoms with Crippen LogP contribution in [0.25, 0.3) is 0 Å². The first-order chi connectivity index (χ1) is 13.4. The molecule has 1 N–H and O–H groups in total. The first-order valence-electron chi connectivity index (χ1n) is 8.97. The molecule has 150 valence electrons. The van der Waals surface area contributed by atoms with Gasteiger partial charge in [0.15, 0.2) is 0 Å². The highest BCUT2D eigenvalue weighted by Gasteiger charge is 2.27. The number of aryl methyl sites for hydroxylation is 1. The summed E-state index contributed by atoms with van der Waals surface area (Å²) in [6, 6.07) is 7.98. The summed E-state index contributed by atoms with van der Waals surface area (Å²) in [6.45, 7) is 3.02. The molecule has 1 aliphatic heterocycles. The second-order valence-electron chi connectivity index (χ2n) is 6.59. The zero-order valence-electron chi connectivity index (χ0n) is 15.5. The molecule has 1 amide bonds. The van der Waals surface area contributed by atoms with Crippen molar-refractivity contribution < 1.29 is 17.6 Å². The number of amides is 1. The van der Waals surface area contributed by atoms with Crippen LogP contribution in [-0.2, 0) is 21.4 Å². The first kappa shape index (κ1) is 20.8. The molecular weight excluding hydrogens is 401 g/mol. The van der Waals surface area contributed by atoms with E-state index in [2.05, 4.69) is 10.3 Å². The number of hydrogen-bond acceptors (Lipinski definition) is 5. The van der Waals surface area contributed by atoms with Crippen LogP contribution >= 0.6 is 11.8 Å². The van der Waals surface area contributed by atoms with Crippen LogP contribution in [0.2, 0.25) is 0 Å². The van der Waals surface area contributed by atoms with Gasteiger partial charge in [-0.1, -0.05) is 23.9 Å². The van der Waals surface area contributed by atoms with Crippen LogP contribution in [0.15, 0.2) is 46.5 Å². The van der Waals surface area contributed by atoms with E-state index in [1.165, 1.54) is 34.4 Å². The van der Waals surface area contributed by atoms with E-state index in [-0.39, 0.29) is 28.9 Å². The van der Waals surface area contributed by atoms with Crippen molar-refractivity contribution in [1.82, 2.24) is 14.6 Å². The number of carbonyl (C=O) groups is 1. The average molecular weight is 424 g/mol. The lowest BCUT2D eigenvalue weighted by Gasteiger charge is -2.15. The highest BCUT2D eigenvalue weighted by atomic mass is 32.2. The van der Waals surface area contributed by atoms with Crippen molar-refractivity contribution in [1.29, 1.82) is 0 Å². The van der Waals surface area contributed by atoms with Crippen LogP contribution in [-0.4, -0.2) is 42.5 Å². The van der Waals surface area contributed by atoms with E-state index in [0.29, 0.717) is 29.2 Å². The quantitative estimate of drug-likeness (QED) is 0.693. The van der Waals surface area contributed by atoms with Crippen LogP contribution in [0.4, 0.5) is 4.39 Å². The lowest BCUT2D eigenvalue weighted by atomic mass is 10.1. The van der Waals surface area contributed by atoms with Gasteiger partial charge < -0.3 is 5.32 Å². The first-order valence-corrected chi connectivity index (χ1v) is 11.4. The fourth-order valence-electron chi connectivity index (χ4n) is 2.82. The van der Waals surface area contributed by atoms with Gasteiger partial charge in [-0.3, -0.25) is 4.79 Å². The summed E-state index contributed by atoms with van der Waals surface area (Å²) in [5, 5.41) is 3.30. The normalized spacial score (nSPS) is 14.9. The summed E-state index contributed by atoms with van der Waals surface area (Å²) in [6.07, 6.45) is 3.10. The summed E-state index contributed by atoms with van der Waals surface area (Å²) >= 11 is 1.22. The van der Waals surface area contributed by atoms with Gasteiger partial charge in [0.2, 0.25) is 15.9 Å². The minimum absolute atomic E-state index is 0.138. The number of halogens is 1. The minimum Gasteiger partial charge on any atom is -0.351 e. The van der Waals surface area contributed by atoms with Gasteiger partial charge >= 0.3 is 0 Å². The average Bonchev–Trinajstić information content (AvgIpc) is 3.23. The molecule has 0 aliphatic carbocycles. The predicted molar refractivity (Wildman–Crippen MR) is 106 cm³/mol. The lowest BCUT2D eigenvalue weighted by molar-refractivity contribution is -0.118. The van der Waals surface area contributed by atoms with Crippen LogP contribution in [0.3, 0.4) is 0 Å². The molecule has 2 aromatic rings. The van der Waals surface area contributed by atoms with Gasteiger partial charge in [-0.2, -0.15) is 4.31 Å². The number of sulfonamides is 1. The summed E-state index contributed by atoms with van der Waals surface area (Å²) in [7, 11) is -3.48. The smallest absolute Gasteiger partial charge is 0.244 e. The highest BCUT2D eigenvalue weighted by Crippen LogP contribution is 2.22. The van der Waals surface area contributed by atoms with E-state index < -0.39 is 10.0 Å². The van der Waals surface area contributed by atoms with Crippen molar-refractivity contribution in [3.8, 4) is 0 Å². The SMILES string of the molecule is Cc1ccc(CNC(=O)CSc2ccc(S(=O)(=O)N3CCCC3)cn2)cc1F. The molecule has 0 spiro atoms. The third kappa shape index (κ3) is 5.09. The van der Waals surface area contributed by atoms with Crippen molar-refractivity contribution in [3.63, 3.8) is 0 Å². The predicted octanol–water partition coefficient (Wildman–Crippen LogP) is 2.72. The van der Waals surface area contributed by atoms with Gasteiger partial charge in [0, 0.05) is 25.8 Å². The Morgan fingerprint density at radius 1 is 1.25 bits per heavy atom. The Labute approximate surface area is 168 Å². The molecule has 1 aliphatic rings. The summed E-state index contributed by atoms with van der Waals surface area (Å²) in [4.78, 5) is 16.3. The van der Waals surface area contributed by atoms with E-state index in [0.717, 1.165) is 12.8 Å². The molecular formula is C19H22FN3O3S2. The molecule has 1 aromatic heterocycles. The van der Waals surface area contributed by atoms with Crippen LogP contribution in [0, 0.1) is 12.7 Å². The molecule has 6 nitrogen and oxygen atoms in total. The lowest BCUT2D eigenvalue weighted by Crippen LogP contribution is -2.27. The molecule has 0 saturated carbocycles. The molecule has 3 rings (SSSR count). The number of thioether (sulfide) groups is 1. The number of benzene rings is 1. The molecule has 0 atom stereocenters. The molecule has 0 unspecified atom stereocenters.